The monoisotopic (exact) mass is 418 g/mol. The number of rotatable bonds is 8. The smallest absolute Gasteiger partial charge is 0.341 e. The number of carbonyl (C=O) groups is 3. The molecule has 0 unspecified atom stereocenters. The third kappa shape index (κ3) is 5.58. The number of hydrogen-bond acceptors (Lipinski definition) is 8. The topological polar surface area (TPSA) is 117 Å². The van der Waals surface area contributed by atoms with Gasteiger partial charge >= 0.3 is 11.9 Å². The molecule has 0 aliphatic rings. The van der Waals surface area contributed by atoms with E-state index >= 15 is 0 Å². The quantitative estimate of drug-likeness (QED) is 0.500. The Bertz CT molecular complexity index is 918. The van der Waals surface area contributed by atoms with Gasteiger partial charge in [-0.1, -0.05) is 12.1 Å². The lowest BCUT2D eigenvalue weighted by Crippen LogP contribution is -2.19. The van der Waals surface area contributed by atoms with Gasteiger partial charge in [-0.2, -0.15) is 0 Å². The number of nitrogen functional groups attached to an aromatic ring is 1. The van der Waals surface area contributed by atoms with E-state index in [4.69, 9.17) is 19.9 Å². The number of benzene rings is 1. The van der Waals surface area contributed by atoms with E-state index in [0.29, 0.717) is 5.75 Å². The van der Waals surface area contributed by atoms with Gasteiger partial charge in [0.25, 0.3) is 5.91 Å². The lowest BCUT2D eigenvalue weighted by Gasteiger charge is -2.07. The second-order valence-electron chi connectivity index (χ2n) is 5.66. The lowest BCUT2D eigenvalue weighted by atomic mass is 10.1. The summed E-state index contributed by atoms with van der Waals surface area (Å²) in [4.78, 5) is 36.6. The standard InChI is InChI=1S/C20H22N2O6S/c1-4-27-20(25)16-14(17(19(24)22-2)29-18(16)21)11-28-15(23)10-7-12-5-8-13(26-3)9-6-12/h5-10H,4,11,21H2,1-3H3,(H,22,24)/b10-7+. The molecule has 1 heterocycles. The van der Waals surface area contributed by atoms with E-state index in [1.54, 1.807) is 44.4 Å². The van der Waals surface area contributed by atoms with Crippen LogP contribution in [0, 0.1) is 0 Å². The molecule has 0 spiro atoms. The molecule has 0 aliphatic heterocycles. The summed E-state index contributed by atoms with van der Waals surface area (Å²) in [5.74, 6) is -1.04. The molecule has 0 radical (unpaired) electrons. The maximum Gasteiger partial charge on any atom is 0.341 e. The molecule has 1 aromatic heterocycles. The first-order valence-corrected chi connectivity index (χ1v) is 9.52. The number of thiophene rings is 1. The van der Waals surface area contributed by atoms with Crippen LogP contribution in [0.1, 0.15) is 38.1 Å². The van der Waals surface area contributed by atoms with Crippen molar-refractivity contribution in [3.05, 3.63) is 51.9 Å². The molecule has 2 aromatic rings. The zero-order valence-corrected chi connectivity index (χ0v) is 17.1. The average molecular weight is 418 g/mol. The van der Waals surface area contributed by atoms with Crippen LogP contribution in [-0.4, -0.2) is 38.6 Å². The van der Waals surface area contributed by atoms with E-state index in [2.05, 4.69) is 5.32 Å². The number of hydrogen-bond donors (Lipinski definition) is 2. The first-order chi connectivity index (χ1) is 13.9. The summed E-state index contributed by atoms with van der Waals surface area (Å²) in [6.45, 7) is 1.51. The Labute approximate surface area is 172 Å². The third-order valence-electron chi connectivity index (χ3n) is 3.83. The molecule has 0 aliphatic carbocycles. The summed E-state index contributed by atoms with van der Waals surface area (Å²) >= 11 is 0.937. The molecule has 9 heteroatoms. The Balaban J connectivity index is 2.16. The first-order valence-electron chi connectivity index (χ1n) is 8.70. The van der Waals surface area contributed by atoms with Crippen molar-refractivity contribution in [2.45, 2.75) is 13.5 Å². The number of nitrogens with one attached hydrogen (secondary N) is 1. The summed E-state index contributed by atoms with van der Waals surface area (Å²) in [6.07, 6.45) is 2.83. The molecule has 8 nitrogen and oxygen atoms in total. The number of nitrogens with two attached hydrogens (primary N) is 1. The molecule has 29 heavy (non-hydrogen) atoms. The highest BCUT2D eigenvalue weighted by atomic mass is 32.1. The van der Waals surface area contributed by atoms with Crippen molar-refractivity contribution in [2.24, 2.45) is 0 Å². The summed E-state index contributed by atoms with van der Waals surface area (Å²) in [5.41, 5.74) is 6.94. The Morgan fingerprint density at radius 2 is 1.86 bits per heavy atom. The highest BCUT2D eigenvalue weighted by molar-refractivity contribution is 7.18. The Morgan fingerprint density at radius 1 is 1.17 bits per heavy atom. The fourth-order valence-electron chi connectivity index (χ4n) is 2.42. The van der Waals surface area contributed by atoms with Crippen LogP contribution in [0.15, 0.2) is 30.3 Å². The molecule has 1 aromatic carbocycles. The van der Waals surface area contributed by atoms with E-state index in [1.165, 1.54) is 13.1 Å². The molecule has 1 amide bonds. The minimum Gasteiger partial charge on any atom is -0.497 e. The average Bonchev–Trinajstić information content (AvgIpc) is 3.06. The van der Waals surface area contributed by atoms with Gasteiger partial charge in [0, 0.05) is 18.7 Å². The predicted molar refractivity (Wildman–Crippen MR) is 110 cm³/mol. The maximum absolute atomic E-state index is 12.2. The van der Waals surface area contributed by atoms with E-state index in [-0.39, 0.29) is 34.2 Å². The fraction of sp³-hybridized carbons (Fsp3) is 0.250. The number of amides is 1. The minimum atomic E-state index is -0.670. The Morgan fingerprint density at radius 3 is 2.45 bits per heavy atom. The van der Waals surface area contributed by atoms with Gasteiger partial charge in [0.1, 0.15) is 27.8 Å². The number of ether oxygens (including phenoxy) is 3. The minimum absolute atomic E-state index is 0.0439. The van der Waals surface area contributed by atoms with Gasteiger partial charge < -0.3 is 25.3 Å². The molecule has 0 fully saturated rings. The molecule has 0 saturated heterocycles. The van der Waals surface area contributed by atoms with Gasteiger partial charge in [0.05, 0.1) is 13.7 Å². The zero-order chi connectivity index (χ0) is 21.4. The fourth-order valence-corrected chi connectivity index (χ4v) is 3.42. The van der Waals surface area contributed by atoms with Crippen LogP contribution in [0.25, 0.3) is 6.08 Å². The van der Waals surface area contributed by atoms with E-state index in [0.717, 1.165) is 16.9 Å². The van der Waals surface area contributed by atoms with Crippen LogP contribution in [0.5, 0.6) is 5.75 Å². The number of anilines is 1. The third-order valence-corrected chi connectivity index (χ3v) is 4.89. The van der Waals surface area contributed by atoms with Gasteiger partial charge in [0.2, 0.25) is 0 Å². The van der Waals surface area contributed by atoms with Crippen molar-refractivity contribution in [1.82, 2.24) is 5.32 Å². The highest BCUT2D eigenvalue weighted by Crippen LogP contribution is 2.32. The molecule has 2 rings (SSSR count). The summed E-state index contributed by atoms with van der Waals surface area (Å²) in [5, 5.41) is 2.60. The van der Waals surface area contributed by atoms with Crippen LogP contribution in [0.4, 0.5) is 5.00 Å². The van der Waals surface area contributed by atoms with Crippen molar-refractivity contribution in [3.8, 4) is 5.75 Å². The predicted octanol–water partition coefficient (Wildman–Crippen LogP) is 2.63. The SMILES string of the molecule is CCOC(=O)c1c(N)sc(C(=O)NC)c1COC(=O)/C=C/c1ccc(OC)cc1. The van der Waals surface area contributed by atoms with Gasteiger partial charge in [0.15, 0.2) is 0 Å². The van der Waals surface area contributed by atoms with Gasteiger partial charge in [-0.15, -0.1) is 11.3 Å². The van der Waals surface area contributed by atoms with Crippen LogP contribution in [0.2, 0.25) is 0 Å². The van der Waals surface area contributed by atoms with Gasteiger partial charge in [-0.3, -0.25) is 4.79 Å². The van der Waals surface area contributed by atoms with Crippen LogP contribution in [-0.2, 0) is 20.9 Å². The lowest BCUT2D eigenvalue weighted by molar-refractivity contribution is -0.138. The molecular weight excluding hydrogens is 396 g/mol. The van der Waals surface area contributed by atoms with Crippen molar-refractivity contribution in [3.63, 3.8) is 0 Å². The highest BCUT2D eigenvalue weighted by Gasteiger charge is 2.27. The largest absolute Gasteiger partial charge is 0.497 e. The molecule has 0 saturated carbocycles. The normalized spacial score (nSPS) is 10.6. The van der Waals surface area contributed by atoms with E-state index in [1.807, 2.05) is 0 Å². The molecule has 0 bridgehead atoms. The molecule has 3 N–H and O–H groups in total. The number of esters is 2. The maximum atomic E-state index is 12.2. The van der Waals surface area contributed by atoms with E-state index in [9.17, 15) is 14.4 Å². The molecule has 0 atom stereocenters. The zero-order valence-electron chi connectivity index (χ0n) is 16.3. The van der Waals surface area contributed by atoms with Crippen molar-refractivity contribution < 1.29 is 28.6 Å². The van der Waals surface area contributed by atoms with Crippen LogP contribution < -0.4 is 15.8 Å². The number of carbonyl (C=O) groups excluding carboxylic acids is 3. The number of methoxy groups -OCH3 is 1. The summed E-state index contributed by atoms with van der Waals surface area (Å²) < 4.78 is 15.3. The Kier molecular flexibility index (Phi) is 7.79. The Hall–Kier alpha value is -3.33. The van der Waals surface area contributed by atoms with Gasteiger partial charge in [-0.05, 0) is 30.7 Å². The van der Waals surface area contributed by atoms with Crippen molar-refractivity contribution in [2.75, 3.05) is 26.5 Å². The molecular formula is C20H22N2O6S. The summed E-state index contributed by atoms with van der Waals surface area (Å²) in [6, 6.07) is 7.09. The second-order valence-corrected chi connectivity index (χ2v) is 6.71. The van der Waals surface area contributed by atoms with Crippen molar-refractivity contribution >= 4 is 40.3 Å². The summed E-state index contributed by atoms with van der Waals surface area (Å²) in [7, 11) is 3.02. The van der Waals surface area contributed by atoms with Crippen LogP contribution >= 0.6 is 11.3 Å². The van der Waals surface area contributed by atoms with Crippen molar-refractivity contribution in [1.29, 1.82) is 0 Å². The second kappa shape index (κ2) is 10.3. The van der Waals surface area contributed by atoms with Gasteiger partial charge in [-0.25, -0.2) is 9.59 Å². The van der Waals surface area contributed by atoms with Crippen LogP contribution in [0.3, 0.4) is 0 Å². The first kappa shape index (κ1) is 22.0. The van der Waals surface area contributed by atoms with E-state index < -0.39 is 17.8 Å². The molecule has 154 valence electrons.